The number of nitrogens with one attached hydrogen (secondary N) is 2. The second-order valence-corrected chi connectivity index (χ2v) is 4.48. The Balaban J connectivity index is 2.46. The van der Waals surface area contributed by atoms with E-state index in [9.17, 15) is 0 Å². The van der Waals surface area contributed by atoms with Gasteiger partial charge in [0.05, 0.1) is 0 Å². The van der Waals surface area contributed by atoms with E-state index in [4.69, 9.17) is 0 Å². The highest BCUT2D eigenvalue weighted by atomic mass is 15.4. The average Bonchev–Trinajstić information content (AvgIpc) is 2.27. The Bertz CT molecular complexity index is 177. The van der Waals surface area contributed by atoms with Crippen molar-refractivity contribution in [2.45, 2.75) is 45.6 Å². The molecule has 1 aliphatic heterocycles. The third-order valence-electron chi connectivity index (χ3n) is 2.83. The molecule has 0 aromatic rings. The minimum atomic E-state index is 0.247. The Kier molecular flexibility index (Phi) is 3.94. The van der Waals surface area contributed by atoms with Crippen molar-refractivity contribution in [3.05, 3.63) is 12.2 Å². The van der Waals surface area contributed by atoms with E-state index in [1.807, 2.05) is 0 Å². The summed E-state index contributed by atoms with van der Waals surface area (Å²) < 4.78 is 0. The highest BCUT2D eigenvalue weighted by Crippen LogP contribution is 2.22. The molecule has 2 N–H and O–H groups in total. The van der Waals surface area contributed by atoms with Crippen LogP contribution in [0.2, 0.25) is 0 Å². The van der Waals surface area contributed by atoms with Crippen molar-refractivity contribution in [3.8, 4) is 0 Å². The molecule has 13 heavy (non-hydrogen) atoms. The topological polar surface area (TPSA) is 24.1 Å². The van der Waals surface area contributed by atoms with Crippen LogP contribution in [0, 0.1) is 5.92 Å². The van der Waals surface area contributed by atoms with Crippen LogP contribution in [0.1, 0.15) is 40.0 Å². The van der Waals surface area contributed by atoms with Crippen molar-refractivity contribution in [1.82, 2.24) is 10.9 Å². The van der Waals surface area contributed by atoms with E-state index >= 15 is 0 Å². The van der Waals surface area contributed by atoms with Gasteiger partial charge in [-0.15, -0.1) is 0 Å². The molecule has 1 heterocycles. The lowest BCUT2D eigenvalue weighted by molar-refractivity contribution is 0.311. The predicted molar refractivity (Wildman–Crippen MR) is 57.4 cm³/mol. The van der Waals surface area contributed by atoms with E-state index in [0.29, 0.717) is 0 Å². The van der Waals surface area contributed by atoms with Gasteiger partial charge in [-0.1, -0.05) is 19.1 Å². The summed E-state index contributed by atoms with van der Waals surface area (Å²) in [6, 6.07) is 0. The van der Waals surface area contributed by atoms with Gasteiger partial charge in [0.2, 0.25) is 0 Å². The van der Waals surface area contributed by atoms with Crippen LogP contribution in [0.5, 0.6) is 0 Å². The van der Waals surface area contributed by atoms with Gasteiger partial charge in [0.25, 0.3) is 0 Å². The summed E-state index contributed by atoms with van der Waals surface area (Å²) in [5, 5.41) is 0. The van der Waals surface area contributed by atoms with Crippen LogP contribution in [0.4, 0.5) is 0 Å². The average molecular weight is 182 g/mol. The summed E-state index contributed by atoms with van der Waals surface area (Å²) in [5.41, 5.74) is 6.98. The smallest absolute Gasteiger partial charge is 0.0330 e. The lowest BCUT2D eigenvalue weighted by Crippen LogP contribution is -2.48. The van der Waals surface area contributed by atoms with Gasteiger partial charge in [-0.2, -0.15) is 0 Å². The lowest BCUT2D eigenvalue weighted by atomic mass is 9.90. The first-order chi connectivity index (χ1) is 6.16. The number of rotatable bonds is 2. The molecule has 0 saturated carbocycles. The maximum Gasteiger partial charge on any atom is 0.0330 e. The molecule has 0 unspecified atom stereocenters. The molecule has 2 heteroatoms. The number of hydrogen-bond acceptors (Lipinski definition) is 2. The van der Waals surface area contributed by atoms with Crippen LogP contribution in [-0.4, -0.2) is 12.1 Å². The van der Waals surface area contributed by atoms with Crippen molar-refractivity contribution in [3.63, 3.8) is 0 Å². The zero-order valence-corrected chi connectivity index (χ0v) is 9.06. The summed E-state index contributed by atoms with van der Waals surface area (Å²) in [6.07, 6.45) is 8.05. The van der Waals surface area contributed by atoms with Crippen LogP contribution < -0.4 is 10.9 Å². The third kappa shape index (κ3) is 3.49. The van der Waals surface area contributed by atoms with Gasteiger partial charge in [-0.3, -0.25) is 10.9 Å². The summed E-state index contributed by atoms with van der Waals surface area (Å²) in [7, 11) is 0. The summed E-state index contributed by atoms with van der Waals surface area (Å²) >= 11 is 0. The first kappa shape index (κ1) is 10.7. The van der Waals surface area contributed by atoms with E-state index in [1.54, 1.807) is 0 Å². The van der Waals surface area contributed by atoms with Crippen LogP contribution in [-0.2, 0) is 0 Å². The Morgan fingerprint density at radius 1 is 1.54 bits per heavy atom. The summed E-state index contributed by atoms with van der Waals surface area (Å²) in [6.45, 7) is 7.76. The highest BCUT2D eigenvalue weighted by molar-refractivity contribution is 4.93. The zero-order chi connectivity index (χ0) is 9.73. The van der Waals surface area contributed by atoms with Crippen molar-refractivity contribution in [2.24, 2.45) is 5.92 Å². The molecule has 1 saturated heterocycles. The molecular formula is C11H22N2. The Hall–Kier alpha value is -0.340. The van der Waals surface area contributed by atoms with E-state index in [1.165, 1.54) is 12.8 Å². The molecule has 0 amide bonds. The van der Waals surface area contributed by atoms with Crippen LogP contribution >= 0.6 is 0 Å². The molecule has 1 aliphatic rings. The van der Waals surface area contributed by atoms with Crippen molar-refractivity contribution >= 4 is 0 Å². The Morgan fingerprint density at radius 3 is 3.00 bits per heavy atom. The molecule has 0 aliphatic carbocycles. The fourth-order valence-corrected chi connectivity index (χ4v) is 1.70. The van der Waals surface area contributed by atoms with Crippen molar-refractivity contribution < 1.29 is 0 Å². The van der Waals surface area contributed by atoms with Gasteiger partial charge in [0, 0.05) is 12.1 Å². The first-order valence-corrected chi connectivity index (χ1v) is 5.27. The van der Waals surface area contributed by atoms with Gasteiger partial charge >= 0.3 is 0 Å². The maximum atomic E-state index is 3.42. The SMILES string of the molecule is C/C=C\C[C@@]1(C)CC[C@H](C)CNN1. The van der Waals surface area contributed by atoms with Crippen LogP contribution in [0.25, 0.3) is 0 Å². The number of hydrogen-bond donors (Lipinski definition) is 2. The fourth-order valence-electron chi connectivity index (χ4n) is 1.70. The zero-order valence-electron chi connectivity index (χ0n) is 9.06. The van der Waals surface area contributed by atoms with E-state index in [0.717, 1.165) is 18.9 Å². The van der Waals surface area contributed by atoms with Gasteiger partial charge in [-0.05, 0) is 39.0 Å². The molecule has 0 bridgehead atoms. The molecule has 0 aromatic carbocycles. The standard InChI is InChI=1S/C11H22N2/c1-4-5-7-11(3)8-6-10(2)9-12-13-11/h4-5,10,12-13H,6-9H2,1-3H3/b5-4-/t10-,11-/m0/s1. The van der Waals surface area contributed by atoms with Crippen molar-refractivity contribution in [1.29, 1.82) is 0 Å². The summed E-state index contributed by atoms with van der Waals surface area (Å²) in [4.78, 5) is 0. The molecule has 0 spiro atoms. The molecular weight excluding hydrogens is 160 g/mol. The second kappa shape index (κ2) is 4.77. The van der Waals surface area contributed by atoms with Gasteiger partial charge < -0.3 is 0 Å². The normalized spacial score (nSPS) is 36.4. The van der Waals surface area contributed by atoms with E-state index in [-0.39, 0.29) is 5.54 Å². The second-order valence-electron chi connectivity index (χ2n) is 4.48. The van der Waals surface area contributed by atoms with E-state index < -0.39 is 0 Å². The molecule has 2 nitrogen and oxygen atoms in total. The minimum absolute atomic E-state index is 0.247. The number of hydrazine groups is 1. The quantitative estimate of drug-likeness (QED) is 0.640. The first-order valence-electron chi connectivity index (χ1n) is 5.27. The monoisotopic (exact) mass is 182 g/mol. The Labute approximate surface area is 81.8 Å². The van der Waals surface area contributed by atoms with Crippen LogP contribution in [0.15, 0.2) is 12.2 Å². The van der Waals surface area contributed by atoms with Gasteiger partial charge in [-0.25, -0.2) is 0 Å². The Morgan fingerprint density at radius 2 is 2.31 bits per heavy atom. The molecule has 2 atom stereocenters. The highest BCUT2D eigenvalue weighted by Gasteiger charge is 2.25. The summed E-state index contributed by atoms with van der Waals surface area (Å²) in [5.74, 6) is 0.792. The van der Waals surface area contributed by atoms with Crippen molar-refractivity contribution in [2.75, 3.05) is 6.54 Å². The predicted octanol–water partition coefficient (Wildman–Crippen LogP) is 2.24. The molecule has 0 aromatic heterocycles. The van der Waals surface area contributed by atoms with E-state index in [2.05, 4.69) is 43.8 Å². The fraction of sp³-hybridized carbons (Fsp3) is 0.818. The number of allylic oxidation sites excluding steroid dienone is 1. The lowest BCUT2D eigenvalue weighted by Gasteiger charge is -2.27. The largest absolute Gasteiger partial charge is 0.257 e. The maximum absolute atomic E-state index is 3.42. The molecule has 1 rings (SSSR count). The van der Waals surface area contributed by atoms with Crippen LogP contribution in [0.3, 0.4) is 0 Å². The molecule has 1 fully saturated rings. The van der Waals surface area contributed by atoms with Gasteiger partial charge in [0.15, 0.2) is 0 Å². The third-order valence-corrected chi connectivity index (χ3v) is 2.83. The minimum Gasteiger partial charge on any atom is -0.257 e. The molecule has 76 valence electrons. The molecule has 0 radical (unpaired) electrons. The van der Waals surface area contributed by atoms with Gasteiger partial charge in [0.1, 0.15) is 0 Å².